The number of carbonyl (C=O) groups is 3. The van der Waals surface area contributed by atoms with Gasteiger partial charge in [-0.1, -0.05) is 39.5 Å². The Labute approximate surface area is 237 Å². The molecule has 3 aromatic rings. The van der Waals surface area contributed by atoms with Gasteiger partial charge in [-0.05, 0) is 62.2 Å². The number of aromatic nitrogens is 1. The van der Waals surface area contributed by atoms with Gasteiger partial charge in [0.15, 0.2) is 0 Å². The van der Waals surface area contributed by atoms with E-state index in [1.165, 1.54) is 6.92 Å². The van der Waals surface area contributed by atoms with Crippen LogP contribution in [0.15, 0.2) is 42.5 Å². The van der Waals surface area contributed by atoms with E-state index in [0.717, 1.165) is 32.1 Å². The monoisotopic (exact) mass is 549 g/mol. The molecule has 0 saturated carbocycles. The van der Waals surface area contributed by atoms with Crippen molar-refractivity contribution in [2.24, 2.45) is 0 Å². The molecule has 0 radical (unpaired) electrons. The Hall–Kier alpha value is -3.81. The van der Waals surface area contributed by atoms with E-state index in [9.17, 15) is 14.4 Å². The number of nitrogens with zero attached hydrogens (tertiary/aromatic N) is 2. The van der Waals surface area contributed by atoms with Gasteiger partial charge in [-0.15, -0.1) is 0 Å². The van der Waals surface area contributed by atoms with Crippen molar-refractivity contribution in [2.75, 3.05) is 27.8 Å². The lowest BCUT2D eigenvalue weighted by Crippen LogP contribution is -2.56. The normalized spacial score (nSPS) is 12.6. The summed E-state index contributed by atoms with van der Waals surface area (Å²) in [4.78, 5) is 43.0. The molecule has 216 valence electrons. The molecule has 0 aliphatic heterocycles. The van der Waals surface area contributed by atoms with E-state index >= 15 is 0 Å². The first kappa shape index (κ1) is 30.7. The molecule has 8 heteroatoms. The number of ether oxygens (including phenoxy) is 2. The molecule has 0 bridgehead atoms. The molecule has 2 amide bonds. The number of rotatable bonds is 13. The van der Waals surface area contributed by atoms with E-state index < -0.39 is 5.54 Å². The van der Waals surface area contributed by atoms with Crippen LogP contribution in [0.2, 0.25) is 0 Å². The summed E-state index contributed by atoms with van der Waals surface area (Å²) in [6.07, 6.45) is 4.78. The number of benzene rings is 2. The molecule has 1 aromatic heterocycles. The lowest BCUT2D eigenvalue weighted by Gasteiger charge is -2.37. The van der Waals surface area contributed by atoms with Crippen molar-refractivity contribution in [1.29, 1.82) is 0 Å². The molecule has 0 aliphatic rings. The van der Waals surface area contributed by atoms with Crippen LogP contribution in [-0.4, -0.2) is 55.0 Å². The Morgan fingerprint density at radius 2 is 1.55 bits per heavy atom. The average Bonchev–Trinajstić information content (AvgIpc) is 3.25. The number of unbranched alkanes of at least 4 members (excludes halogenated alkanes) is 3. The molecule has 40 heavy (non-hydrogen) atoms. The molecule has 1 atom stereocenters. The fourth-order valence-corrected chi connectivity index (χ4v) is 5.47. The van der Waals surface area contributed by atoms with Gasteiger partial charge < -0.3 is 19.7 Å². The highest BCUT2D eigenvalue weighted by molar-refractivity contribution is 6.07. The first-order valence-corrected chi connectivity index (χ1v) is 14.1. The Bertz CT molecular complexity index is 1340. The Morgan fingerprint density at radius 1 is 0.925 bits per heavy atom. The van der Waals surface area contributed by atoms with Crippen LogP contribution in [0.4, 0.5) is 0 Å². The summed E-state index contributed by atoms with van der Waals surface area (Å²) in [5.41, 5.74) is 0.993. The van der Waals surface area contributed by atoms with Crippen LogP contribution >= 0.6 is 0 Å². The summed E-state index contributed by atoms with van der Waals surface area (Å²) in [5, 5.41) is 3.79. The first-order valence-electron chi connectivity index (χ1n) is 14.1. The fourth-order valence-electron chi connectivity index (χ4n) is 5.47. The van der Waals surface area contributed by atoms with E-state index in [4.69, 9.17) is 9.47 Å². The van der Waals surface area contributed by atoms with Crippen LogP contribution in [0, 0.1) is 6.92 Å². The number of likely N-dealkylation sites (N-methyl/N-ethyl adjacent to an activating group) is 1. The van der Waals surface area contributed by atoms with E-state index in [1.54, 1.807) is 61.1 Å². The molecule has 0 saturated heterocycles. The lowest BCUT2D eigenvalue weighted by molar-refractivity contribution is -0.141. The zero-order valence-corrected chi connectivity index (χ0v) is 24.9. The van der Waals surface area contributed by atoms with Gasteiger partial charge in [0, 0.05) is 42.7 Å². The maximum Gasteiger partial charge on any atom is 0.262 e. The van der Waals surface area contributed by atoms with Crippen LogP contribution in [0.25, 0.3) is 10.9 Å². The van der Waals surface area contributed by atoms with Gasteiger partial charge in [-0.3, -0.25) is 19.0 Å². The van der Waals surface area contributed by atoms with Crippen LogP contribution in [0.1, 0.15) is 80.9 Å². The van der Waals surface area contributed by atoms with E-state index in [1.807, 2.05) is 19.1 Å². The molecular formula is C32H43N3O5. The third-order valence-corrected chi connectivity index (χ3v) is 7.48. The summed E-state index contributed by atoms with van der Waals surface area (Å²) in [5.74, 6) is 0.517. The highest BCUT2D eigenvalue weighted by Gasteiger charge is 2.46. The second-order valence-electron chi connectivity index (χ2n) is 10.3. The second-order valence-corrected chi connectivity index (χ2v) is 10.3. The summed E-state index contributed by atoms with van der Waals surface area (Å²) in [7, 11) is 4.94. The number of amides is 2. The average molecular weight is 550 g/mol. The fraction of sp³-hybridized carbons (Fsp3) is 0.469. The van der Waals surface area contributed by atoms with Crippen molar-refractivity contribution in [3.8, 4) is 11.5 Å². The SMILES string of the molecule is CCCCCC(NC(C)=O)(C(=O)N(C)CCCC)c1c(C)n(C(=O)c2ccc(OC)cc2)c2ccc(OC)cc12. The number of hydrogen-bond donors (Lipinski definition) is 1. The number of carbonyl (C=O) groups excluding carboxylic acids is 3. The summed E-state index contributed by atoms with van der Waals surface area (Å²) < 4.78 is 12.5. The van der Waals surface area contributed by atoms with Crippen molar-refractivity contribution >= 4 is 28.6 Å². The molecule has 3 rings (SSSR count). The smallest absolute Gasteiger partial charge is 0.262 e. The molecule has 1 unspecified atom stereocenters. The zero-order chi connectivity index (χ0) is 29.4. The summed E-state index contributed by atoms with van der Waals surface area (Å²) >= 11 is 0. The minimum atomic E-state index is -1.36. The predicted molar refractivity (Wildman–Crippen MR) is 158 cm³/mol. The van der Waals surface area contributed by atoms with Crippen LogP contribution in [-0.2, 0) is 15.1 Å². The Kier molecular flexibility index (Phi) is 10.4. The topological polar surface area (TPSA) is 89.9 Å². The van der Waals surface area contributed by atoms with Crippen LogP contribution in [0.3, 0.4) is 0 Å². The quantitative estimate of drug-likeness (QED) is 0.271. The van der Waals surface area contributed by atoms with Gasteiger partial charge in [0.05, 0.1) is 19.7 Å². The highest BCUT2D eigenvalue weighted by atomic mass is 16.5. The van der Waals surface area contributed by atoms with Gasteiger partial charge in [-0.2, -0.15) is 0 Å². The summed E-state index contributed by atoms with van der Waals surface area (Å²) in [6, 6.07) is 12.4. The minimum Gasteiger partial charge on any atom is -0.497 e. The van der Waals surface area contributed by atoms with Gasteiger partial charge in [0.25, 0.3) is 11.8 Å². The molecule has 0 spiro atoms. The second kappa shape index (κ2) is 13.5. The maximum absolute atomic E-state index is 14.4. The number of methoxy groups -OCH3 is 2. The molecule has 2 aromatic carbocycles. The minimum absolute atomic E-state index is 0.186. The van der Waals surface area contributed by atoms with Gasteiger partial charge in [0.2, 0.25) is 5.91 Å². The molecule has 1 N–H and O–H groups in total. The van der Waals surface area contributed by atoms with Crippen molar-refractivity contribution in [1.82, 2.24) is 14.8 Å². The molecular weight excluding hydrogens is 506 g/mol. The molecule has 0 aliphatic carbocycles. The Balaban J connectivity index is 2.37. The first-order chi connectivity index (χ1) is 19.1. The van der Waals surface area contributed by atoms with Crippen LogP contribution in [0.5, 0.6) is 11.5 Å². The van der Waals surface area contributed by atoms with E-state index in [0.29, 0.717) is 52.2 Å². The zero-order valence-electron chi connectivity index (χ0n) is 24.9. The third-order valence-electron chi connectivity index (χ3n) is 7.48. The third kappa shape index (κ3) is 6.16. The largest absolute Gasteiger partial charge is 0.497 e. The van der Waals surface area contributed by atoms with Crippen molar-refractivity contribution in [3.05, 3.63) is 59.3 Å². The Morgan fingerprint density at radius 3 is 2.12 bits per heavy atom. The van der Waals surface area contributed by atoms with Gasteiger partial charge >= 0.3 is 0 Å². The number of fused-ring (bicyclic) bond motifs is 1. The number of hydrogen-bond acceptors (Lipinski definition) is 5. The maximum atomic E-state index is 14.4. The highest BCUT2D eigenvalue weighted by Crippen LogP contribution is 2.41. The number of nitrogens with one attached hydrogen (secondary N) is 1. The summed E-state index contributed by atoms with van der Waals surface area (Å²) in [6.45, 7) is 8.03. The van der Waals surface area contributed by atoms with E-state index in [-0.39, 0.29) is 17.7 Å². The van der Waals surface area contributed by atoms with Crippen molar-refractivity contribution in [3.63, 3.8) is 0 Å². The lowest BCUT2D eigenvalue weighted by atomic mass is 9.81. The van der Waals surface area contributed by atoms with Crippen LogP contribution < -0.4 is 14.8 Å². The van der Waals surface area contributed by atoms with E-state index in [2.05, 4.69) is 19.2 Å². The van der Waals surface area contributed by atoms with Gasteiger partial charge in [0.1, 0.15) is 17.0 Å². The van der Waals surface area contributed by atoms with Gasteiger partial charge in [-0.25, -0.2) is 0 Å². The standard InChI is InChI=1S/C32H43N3O5/c1-8-10-12-19-32(33-23(4)36,31(38)34(5)20-11-9-2)29-22(3)35(28-18-17-26(40-7)21-27(28)29)30(37)24-13-15-25(39-6)16-14-24/h13-18,21H,8-12,19-20H2,1-7H3,(H,33,36). The predicted octanol–water partition coefficient (Wildman–Crippen LogP) is 5.83. The molecule has 1 heterocycles. The molecule has 0 fully saturated rings. The van der Waals surface area contributed by atoms with Crippen molar-refractivity contribution < 1.29 is 23.9 Å². The van der Waals surface area contributed by atoms with Crippen molar-refractivity contribution in [2.45, 2.75) is 71.8 Å². The molecule has 8 nitrogen and oxygen atoms in total.